The molecule has 4 nitrogen and oxygen atoms in total. The predicted molar refractivity (Wildman–Crippen MR) is 82.3 cm³/mol. The molecule has 0 fully saturated rings. The van der Waals surface area contributed by atoms with Crippen molar-refractivity contribution < 1.29 is 15.3 Å². The first-order valence-corrected chi connectivity index (χ1v) is 7.04. The first-order chi connectivity index (χ1) is 10.1. The maximum Gasteiger partial charge on any atom is 0.115 e. The van der Waals surface area contributed by atoms with Crippen LogP contribution in [0.2, 0.25) is 0 Å². The van der Waals surface area contributed by atoms with Gasteiger partial charge in [0.25, 0.3) is 0 Å². The molecule has 2 atom stereocenters. The number of aliphatic hydroxyl groups is 1. The summed E-state index contributed by atoms with van der Waals surface area (Å²) in [7, 11) is 0. The zero-order valence-electron chi connectivity index (χ0n) is 12.0. The Morgan fingerprint density at radius 2 is 1.43 bits per heavy atom. The number of rotatable bonds is 6. The number of nitrogens with one attached hydrogen (secondary N) is 1. The van der Waals surface area contributed by atoms with Crippen molar-refractivity contribution in [2.24, 2.45) is 0 Å². The fourth-order valence-corrected chi connectivity index (χ4v) is 2.18. The van der Waals surface area contributed by atoms with Crippen molar-refractivity contribution in [3.8, 4) is 11.5 Å². The summed E-state index contributed by atoms with van der Waals surface area (Å²) in [5.41, 5.74) is 1.91. The van der Waals surface area contributed by atoms with Crippen LogP contribution in [0.15, 0.2) is 48.5 Å². The number of phenolic OH excluding ortho intramolecular Hbond substituents is 2. The van der Waals surface area contributed by atoms with Crippen LogP contribution >= 0.6 is 0 Å². The van der Waals surface area contributed by atoms with Gasteiger partial charge in [-0.1, -0.05) is 24.3 Å². The summed E-state index contributed by atoms with van der Waals surface area (Å²) in [4.78, 5) is 0. The molecular weight excluding hydrogens is 266 g/mol. The third-order valence-corrected chi connectivity index (χ3v) is 3.52. The van der Waals surface area contributed by atoms with Gasteiger partial charge in [0, 0.05) is 6.04 Å². The molecule has 0 aliphatic heterocycles. The lowest BCUT2D eigenvalue weighted by molar-refractivity contribution is 0.136. The Morgan fingerprint density at radius 3 is 2.00 bits per heavy atom. The molecule has 0 amide bonds. The van der Waals surface area contributed by atoms with Crippen LogP contribution in [0.25, 0.3) is 0 Å². The highest BCUT2D eigenvalue weighted by molar-refractivity contribution is 5.28. The van der Waals surface area contributed by atoms with E-state index in [-0.39, 0.29) is 17.5 Å². The van der Waals surface area contributed by atoms with E-state index >= 15 is 0 Å². The van der Waals surface area contributed by atoms with Crippen molar-refractivity contribution in [3.05, 3.63) is 59.7 Å². The van der Waals surface area contributed by atoms with Gasteiger partial charge in [-0.3, -0.25) is 0 Å². The molecule has 0 bridgehead atoms. The molecule has 2 aromatic carbocycles. The van der Waals surface area contributed by atoms with Crippen LogP contribution in [-0.4, -0.2) is 27.9 Å². The summed E-state index contributed by atoms with van der Waals surface area (Å²) in [6, 6.07) is 13.6. The van der Waals surface area contributed by atoms with Gasteiger partial charge >= 0.3 is 0 Å². The summed E-state index contributed by atoms with van der Waals surface area (Å²) in [6.45, 7) is 2.66. The molecule has 2 rings (SSSR count). The molecule has 0 saturated carbocycles. The molecule has 112 valence electrons. The van der Waals surface area contributed by atoms with Gasteiger partial charge in [-0.05, 0) is 55.3 Å². The Kier molecular flexibility index (Phi) is 5.20. The third-order valence-electron chi connectivity index (χ3n) is 3.52. The van der Waals surface area contributed by atoms with Gasteiger partial charge in [0.05, 0.1) is 6.10 Å². The number of hydrogen-bond donors (Lipinski definition) is 4. The smallest absolute Gasteiger partial charge is 0.115 e. The Bertz CT molecular complexity index is 551. The number of aliphatic hydroxyl groups excluding tert-OH is 1. The topological polar surface area (TPSA) is 72.7 Å². The summed E-state index contributed by atoms with van der Waals surface area (Å²) >= 11 is 0. The number of benzene rings is 2. The Morgan fingerprint density at radius 1 is 0.905 bits per heavy atom. The van der Waals surface area contributed by atoms with E-state index in [1.165, 1.54) is 0 Å². The van der Waals surface area contributed by atoms with Crippen LogP contribution in [0, 0.1) is 0 Å². The Labute approximate surface area is 124 Å². The normalized spacial score (nSPS) is 13.8. The molecular formula is C17H21NO3. The van der Waals surface area contributed by atoms with E-state index in [0.717, 1.165) is 24.1 Å². The highest BCUT2D eigenvalue weighted by atomic mass is 16.3. The van der Waals surface area contributed by atoms with Gasteiger partial charge < -0.3 is 20.6 Å². The van der Waals surface area contributed by atoms with Gasteiger partial charge in [-0.15, -0.1) is 0 Å². The fourth-order valence-electron chi connectivity index (χ4n) is 2.18. The largest absolute Gasteiger partial charge is 0.508 e. The zero-order valence-corrected chi connectivity index (χ0v) is 12.0. The second-order valence-corrected chi connectivity index (χ2v) is 5.20. The van der Waals surface area contributed by atoms with Crippen LogP contribution in [0.4, 0.5) is 0 Å². The van der Waals surface area contributed by atoms with Crippen molar-refractivity contribution in [3.63, 3.8) is 0 Å². The van der Waals surface area contributed by atoms with Crippen molar-refractivity contribution in [2.75, 3.05) is 6.54 Å². The van der Waals surface area contributed by atoms with Crippen molar-refractivity contribution in [2.45, 2.75) is 25.5 Å². The van der Waals surface area contributed by atoms with E-state index in [0.29, 0.717) is 0 Å². The van der Waals surface area contributed by atoms with E-state index in [4.69, 9.17) is 0 Å². The summed E-state index contributed by atoms with van der Waals surface area (Å²) < 4.78 is 0. The van der Waals surface area contributed by atoms with Gasteiger partial charge in [0.15, 0.2) is 0 Å². The molecule has 0 spiro atoms. The highest BCUT2D eigenvalue weighted by Gasteiger charge is 2.15. The first kappa shape index (κ1) is 15.4. The number of hydrogen-bond acceptors (Lipinski definition) is 4. The average molecular weight is 287 g/mol. The maximum atomic E-state index is 10.2. The molecule has 2 aromatic rings. The van der Waals surface area contributed by atoms with E-state index in [9.17, 15) is 15.3 Å². The molecule has 0 aromatic heterocycles. The quantitative estimate of drug-likeness (QED) is 0.658. The molecule has 0 aliphatic carbocycles. The average Bonchev–Trinajstić information content (AvgIpc) is 2.49. The Balaban J connectivity index is 1.82. The molecule has 0 saturated heterocycles. The minimum atomic E-state index is -0.620. The lowest BCUT2D eigenvalue weighted by atomic mass is 10.0. The number of phenols is 2. The van der Waals surface area contributed by atoms with Crippen molar-refractivity contribution >= 4 is 0 Å². The lowest BCUT2D eigenvalue weighted by Crippen LogP contribution is -2.33. The van der Waals surface area contributed by atoms with Crippen LogP contribution in [0.3, 0.4) is 0 Å². The van der Waals surface area contributed by atoms with Crippen LogP contribution in [-0.2, 0) is 6.42 Å². The van der Waals surface area contributed by atoms with E-state index in [1.54, 1.807) is 36.4 Å². The molecule has 21 heavy (non-hydrogen) atoms. The minimum absolute atomic E-state index is 0.0911. The number of aromatic hydroxyl groups is 2. The zero-order chi connectivity index (χ0) is 15.2. The second kappa shape index (κ2) is 7.11. The molecule has 0 aliphatic rings. The van der Waals surface area contributed by atoms with Crippen molar-refractivity contribution in [1.82, 2.24) is 5.32 Å². The van der Waals surface area contributed by atoms with E-state index in [2.05, 4.69) is 5.32 Å². The molecule has 0 unspecified atom stereocenters. The highest BCUT2D eigenvalue weighted by Crippen LogP contribution is 2.19. The lowest BCUT2D eigenvalue weighted by Gasteiger charge is -2.20. The first-order valence-electron chi connectivity index (χ1n) is 7.04. The minimum Gasteiger partial charge on any atom is -0.508 e. The third kappa shape index (κ3) is 4.48. The van der Waals surface area contributed by atoms with Gasteiger partial charge in [0.1, 0.15) is 11.5 Å². The predicted octanol–water partition coefficient (Wildman–Crippen LogP) is 2.35. The second-order valence-electron chi connectivity index (χ2n) is 5.20. The summed E-state index contributed by atoms with van der Waals surface area (Å²) in [5, 5.41) is 32.0. The van der Waals surface area contributed by atoms with Crippen molar-refractivity contribution in [1.29, 1.82) is 0 Å². The van der Waals surface area contributed by atoms with E-state index < -0.39 is 6.10 Å². The SMILES string of the molecule is C[C@@H](NCCc1ccc(O)cc1)[C@@H](O)c1ccc(O)cc1. The van der Waals surface area contributed by atoms with E-state index in [1.807, 2.05) is 19.1 Å². The summed E-state index contributed by atoms with van der Waals surface area (Å²) in [5.74, 6) is 0.460. The standard InChI is InChI=1S/C17H21NO3/c1-12(17(21)14-4-8-16(20)9-5-14)18-11-10-13-2-6-15(19)7-3-13/h2-9,12,17-21H,10-11H2,1H3/t12-,17-/m1/s1. The Hall–Kier alpha value is -2.04. The van der Waals surface area contributed by atoms with Crippen LogP contribution < -0.4 is 5.32 Å². The van der Waals surface area contributed by atoms with Gasteiger partial charge in [-0.2, -0.15) is 0 Å². The molecule has 4 heteroatoms. The molecule has 4 N–H and O–H groups in total. The van der Waals surface area contributed by atoms with Crippen LogP contribution in [0.1, 0.15) is 24.2 Å². The van der Waals surface area contributed by atoms with Gasteiger partial charge in [-0.25, -0.2) is 0 Å². The molecule has 0 radical (unpaired) electrons. The molecule has 0 heterocycles. The monoisotopic (exact) mass is 287 g/mol. The van der Waals surface area contributed by atoms with Crippen LogP contribution in [0.5, 0.6) is 11.5 Å². The maximum absolute atomic E-state index is 10.2. The fraction of sp³-hybridized carbons (Fsp3) is 0.294. The van der Waals surface area contributed by atoms with Gasteiger partial charge in [0.2, 0.25) is 0 Å². The summed E-state index contributed by atoms with van der Waals surface area (Å²) in [6.07, 6.45) is 0.206.